The Morgan fingerprint density at radius 3 is 3.07 bits per heavy atom. The first-order valence-electron chi connectivity index (χ1n) is 4.82. The average molecular weight is 209 g/mol. The van der Waals surface area contributed by atoms with Crippen LogP contribution < -0.4 is 10.6 Å². The van der Waals surface area contributed by atoms with Gasteiger partial charge in [-0.3, -0.25) is 0 Å². The van der Waals surface area contributed by atoms with Crippen molar-refractivity contribution in [1.82, 2.24) is 15.6 Å². The van der Waals surface area contributed by atoms with Gasteiger partial charge < -0.3 is 10.6 Å². The van der Waals surface area contributed by atoms with Gasteiger partial charge in [0.25, 0.3) is 0 Å². The summed E-state index contributed by atoms with van der Waals surface area (Å²) in [6, 6.07) is 0. The lowest BCUT2D eigenvalue weighted by Crippen LogP contribution is -2.36. The van der Waals surface area contributed by atoms with Crippen LogP contribution >= 0.6 is 11.3 Å². The number of hydrogen-bond donors (Lipinski definition) is 2. The molecule has 4 heteroatoms. The van der Waals surface area contributed by atoms with E-state index in [2.05, 4.69) is 27.9 Å². The minimum atomic E-state index is 0.877. The largest absolute Gasteiger partial charge is 0.309 e. The van der Waals surface area contributed by atoms with Gasteiger partial charge in [0.1, 0.15) is 0 Å². The number of nitrogens with zero attached hydrogens (tertiary/aromatic N) is 1. The van der Waals surface area contributed by atoms with Gasteiger partial charge in [-0.15, -0.1) is 11.3 Å². The summed E-state index contributed by atoms with van der Waals surface area (Å²) in [7, 11) is 0. The van der Waals surface area contributed by atoms with Crippen LogP contribution in [0.25, 0.3) is 0 Å². The molecule has 0 aliphatic carbocycles. The summed E-state index contributed by atoms with van der Waals surface area (Å²) < 4.78 is 0. The van der Waals surface area contributed by atoms with Crippen molar-refractivity contribution >= 4 is 11.3 Å². The van der Waals surface area contributed by atoms with Gasteiger partial charge in [-0.25, -0.2) is 4.98 Å². The maximum atomic E-state index is 4.22. The Bertz CT molecular complexity index is 310. The highest BCUT2D eigenvalue weighted by Crippen LogP contribution is 2.07. The van der Waals surface area contributed by atoms with Gasteiger partial charge in [0, 0.05) is 31.6 Å². The predicted molar refractivity (Wildman–Crippen MR) is 59.4 cm³/mol. The second-order valence-corrected chi connectivity index (χ2v) is 4.29. The monoisotopic (exact) mass is 209 g/mol. The lowest BCUT2D eigenvalue weighted by atomic mass is 10.0. The molecule has 2 heterocycles. The molecule has 1 fully saturated rings. The summed E-state index contributed by atoms with van der Waals surface area (Å²) in [6.07, 6.45) is 0. The van der Waals surface area contributed by atoms with Crippen LogP contribution in [-0.2, 0) is 6.54 Å². The lowest BCUT2D eigenvalue weighted by Gasteiger charge is -2.22. The van der Waals surface area contributed by atoms with Crippen LogP contribution in [0.2, 0.25) is 0 Å². The van der Waals surface area contributed by atoms with Crippen LogP contribution in [0.5, 0.6) is 0 Å². The van der Waals surface area contributed by atoms with E-state index in [1.165, 1.54) is 5.57 Å². The first-order chi connectivity index (χ1) is 6.86. The molecular formula is C10H15N3S. The Labute approximate surface area is 88.3 Å². The molecule has 14 heavy (non-hydrogen) atoms. The molecule has 1 aliphatic heterocycles. The molecule has 0 amide bonds. The van der Waals surface area contributed by atoms with Gasteiger partial charge in [0.05, 0.1) is 11.2 Å². The van der Waals surface area contributed by atoms with E-state index in [-0.39, 0.29) is 0 Å². The molecule has 1 aliphatic rings. The van der Waals surface area contributed by atoms with Crippen LogP contribution in [0.4, 0.5) is 0 Å². The van der Waals surface area contributed by atoms with E-state index in [9.17, 15) is 0 Å². The highest BCUT2D eigenvalue weighted by molar-refractivity contribution is 7.07. The molecule has 1 saturated heterocycles. The van der Waals surface area contributed by atoms with Gasteiger partial charge in [0.2, 0.25) is 0 Å². The van der Waals surface area contributed by atoms with Gasteiger partial charge in [0.15, 0.2) is 0 Å². The molecular weight excluding hydrogens is 194 g/mol. The third-order valence-electron chi connectivity index (χ3n) is 2.46. The van der Waals surface area contributed by atoms with Crippen molar-refractivity contribution in [3.63, 3.8) is 0 Å². The fraction of sp³-hybridized carbons (Fsp3) is 0.500. The van der Waals surface area contributed by atoms with E-state index in [0.29, 0.717) is 0 Å². The van der Waals surface area contributed by atoms with E-state index in [1.54, 1.807) is 16.9 Å². The molecule has 0 aromatic carbocycles. The Hall–Kier alpha value is -0.710. The van der Waals surface area contributed by atoms with E-state index >= 15 is 0 Å². The summed E-state index contributed by atoms with van der Waals surface area (Å²) in [5.74, 6) is 0. The highest BCUT2D eigenvalue weighted by atomic mass is 32.1. The molecule has 2 N–H and O–H groups in total. The first-order valence-corrected chi connectivity index (χ1v) is 5.76. The highest BCUT2D eigenvalue weighted by Gasteiger charge is 2.09. The Kier molecular flexibility index (Phi) is 3.29. The SMILES string of the molecule is CC(CNCc1cscn1)=C1CNC1. The summed E-state index contributed by atoms with van der Waals surface area (Å²) in [5.41, 5.74) is 6.03. The zero-order chi connectivity index (χ0) is 9.80. The van der Waals surface area contributed by atoms with Crippen molar-refractivity contribution in [2.24, 2.45) is 0 Å². The molecule has 1 aromatic heterocycles. The maximum absolute atomic E-state index is 4.22. The normalized spacial score (nSPS) is 15.4. The van der Waals surface area contributed by atoms with Crippen molar-refractivity contribution in [2.75, 3.05) is 19.6 Å². The van der Waals surface area contributed by atoms with Crippen LogP contribution in [-0.4, -0.2) is 24.6 Å². The van der Waals surface area contributed by atoms with Crippen LogP contribution in [0, 0.1) is 0 Å². The number of thiazole rings is 1. The standard InChI is InChI=1S/C10H15N3S/c1-8(9-3-12-4-9)2-11-5-10-6-14-7-13-10/h6-7,11-12H,2-5H2,1H3. The van der Waals surface area contributed by atoms with Crippen LogP contribution in [0.1, 0.15) is 12.6 Å². The topological polar surface area (TPSA) is 37.0 Å². The maximum Gasteiger partial charge on any atom is 0.0795 e. The van der Waals surface area contributed by atoms with E-state index in [1.807, 2.05) is 5.51 Å². The average Bonchev–Trinajstić information content (AvgIpc) is 2.53. The van der Waals surface area contributed by atoms with Crippen molar-refractivity contribution in [3.05, 3.63) is 27.7 Å². The molecule has 3 nitrogen and oxygen atoms in total. The first kappa shape index (κ1) is 9.83. The molecule has 0 atom stereocenters. The molecule has 0 bridgehead atoms. The van der Waals surface area contributed by atoms with E-state index in [4.69, 9.17) is 0 Å². The number of rotatable bonds is 4. The molecule has 76 valence electrons. The van der Waals surface area contributed by atoms with E-state index < -0.39 is 0 Å². The van der Waals surface area contributed by atoms with Gasteiger partial charge in [-0.1, -0.05) is 5.57 Å². The quantitative estimate of drug-likeness (QED) is 0.731. The van der Waals surface area contributed by atoms with Gasteiger partial charge >= 0.3 is 0 Å². The van der Waals surface area contributed by atoms with Crippen molar-refractivity contribution in [1.29, 1.82) is 0 Å². The van der Waals surface area contributed by atoms with Gasteiger partial charge in [-0.05, 0) is 12.5 Å². The number of hydrogen-bond acceptors (Lipinski definition) is 4. The Morgan fingerprint density at radius 1 is 1.64 bits per heavy atom. The third kappa shape index (κ3) is 2.41. The molecule has 2 rings (SSSR count). The second-order valence-electron chi connectivity index (χ2n) is 3.57. The van der Waals surface area contributed by atoms with Crippen molar-refractivity contribution in [3.8, 4) is 0 Å². The fourth-order valence-electron chi connectivity index (χ4n) is 1.38. The predicted octanol–water partition coefficient (Wildman–Crippen LogP) is 1.15. The minimum Gasteiger partial charge on any atom is -0.309 e. The number of aromatic nitrogens is 1. The molecule has 0 saturated carbocycles. The number of nitrogens with one attached hydrogen (secondary N) is 2. The fourth-order valence-corrected chi connectivity index (χ4v) is 1.94. The third-order valence-corrected chi connectivity index (χ3v) is 3.10. The summed E-state index contributed by atoms with van der Waals surface area (Å²) >= 11 is 1.65. The van der Waals surface area contributed by atoms with Crippen LogP contribution in [0.15, 0.2) is 22.0 Å². The minimum absolute atomic E-state index is 0.877. The summed E-state index contributed by atoms with van der Waals surface area (Å²) in [5, 5.41) is 8.73. The smallest absolute Gasteiger partial charge is 0.0795 e. The molecule has 0 spiro atoms. The lowest BCUT2D eigenvalue weighted by molar-refractivity contribution is 0.639. The molecule has 0 radical (unpaired) electrons. The second kappa shape index (κ2) is 4.68. The zero-order valence-electron chi connectivity index (χ0n) is 8.34. The van der Waals surface area contributed by atoms with Gasteiger partial charge in [-0.2, -0.15) is 0 Å². The Morgan fingerprint density at radius 2 is 2.50 bits per heavy atom. The Balaban J connectivity index is 1.73. The van der Waals surface area contributed by atoms with Crippen molar-refractivity contribution in [2.45, 2.75) is 13.5 Å². The summed E-state index contributed by atoms with van der Waals surface area (Å²) in [4.78, 5) is 4.22. The molecule has 0 unspecified atom stereocenters. The van der Waals surface area contributed by atoms with Crippen molar-refractivity contribution < 1.29 is 0 Å². The van der Waals surface area contributed by atoms with E-state index in [0.717, 1.165) is 31.9 Å². The summed E-state index contributed by atoms with van der Waals surface area (Å²) in [6.45, 7) is 6.20. The molecule has 1 aromatic rings. The zero-order valence-corrected chi connectivity index (χ0v) is 9.16. The van der Waals surface area contributed by atoms with Crippen LogP contribution in [0.3, 0.4) is 0 Å².